The molecule has 0 spiro atoms. The molecule has 0 aliphatic carbocycles. The van der Waals surface area contributed by atoms with Crippen LogP contribution in [-0.4, -0.2) is 24.7 Å². The van der Waals surface area contributed by atoms with Crippen LogP contribution >= 0.6 is 0 Å². The van der Waals surface area contributed by atoms with Crippen LogP contribution in [0.3, 0.4) is 0 Å². The van der Waals surface area contributed by atoms with E-state index < -0.39 is 5.60 Å². The molecule has 0 aromatic rings. The van der Waals surface area contributed by atoms with Gasteiger partial charge in [0.15, 0.2) is 0 Å². The molecular formula is C9H19NO3. The molecule has 0 fully saturated rings. The molecule has 0 atom stereocenters. The predicted molar refractivity (Wildman–Crippen MR) is 50.1 cm³/mol. The Bertz CT molecular complexity index is 151. The van der Waals surface area contributed by atoms with Gasteiger partial charge in [-0.05, 0) is 20.8 Å². The smallest absolute Gasteiger partial charge is 0.308 e. The summed E-state index contributed by atoms with van der Waals surface area (Å²) in [5.74, 6) is -0.231. The largest absolute Gasteiger partial charge is 0.460 e. The van der Waals surface area contributed by atoms with Crippen molar-refractivity contribution >= 4 is 5.97 Å². The summed E-state index contributed by atoms with van der Waals surface area (Å²) < 4.78 is 5.07. The number of nitrogens with one attached hydrogen (secondary N) is 1. The number of hydrogen-bond donors (Lipinski definition) is 1. The molecule has 0 rings (SSSR count). The lowest BCUT2D eigenvalue weighted by atomic mass is 10.2. The van der Waals surface area contributed by atoms with Crippen LogP contribution < -0.4 is 5.48 Å². The molecule has 0 aromatic heterocycles. The second kappa shape index (κ2) is 5.94. The molecular weight excluding hydrogens is 170 g/mol. The molecule has 0 aromatic carbocycles. The van der Waals surface area contributed by atoms with Crippen LogP contribution in [0.5, 0.6) is 0 Å². The lowest BCUT2D eigenvalue weighted by molar-refractivity contribution is -0.156. The Labute approximate surface area is 79.6 Å². The standard InChI is InChI=1S/C9H19NO3/c1-5-10-12-7-6-8(11)13-9(2,3)4/h10H,5-7H2,1-4H3. The average Bonchev–Trinajstić information content (AvgIpc) is 1.94. The number of esters is 1. The summed E-state index contributed by atoms with van der Waals surface area (Å²) in [5, 5.41) is 0. The third-order valence-electron chi connectivity index (χ3n) is 1.07. The monoisotopic (exact) mass is 189 g/mol. The fraction of sp³-hybridized carbons (Fsp3) is 0.889. The van der Waals surface area contributed by atoms with Crippen molar-refractivity contribution in [3.63, 3.8) is 0 Å². The van der Waals surface area contributed by atoms with Crippen molar-refractivity contribution in [3.05, 3.63) is 0 Å². The molecule has 0 saturated carbocycles. The molecule has 4 nitrogen and oxygen atoms in total. The maximum atomic E-state index is 11.1. The fourth-order valence-electron chi connectivity index (χ4n) is 0.701. The zero-order valence-corrected chi connectivity index (χ0v) is 8.85. The first-order valence-electron chi connectivity index (χ1n) is 4.52. The van der Waals surface area contributed by atoms with E-state index in [1.807, 2.05) is 27.7 Å². The van der Waals surface area contributed by atoms with Crippen molar-refractivity contribution in [2.75, 3.05) is 13.2 Å². The van der Waals surface area contributed by atoms with Gasteiger partial charge >= 0.3 is 5.97 Å². The highest BCUT2D eigenvalue weighted by Crippen LogP contribution is 2.07. The van der Waals surface area contributed by atoms with Gasteiger partial charge in [0.1, 0.15) is 5.60 Å². The normalized spacial score (nSPS) is 11.4. The van der Waals surface area contributed by atoms with Gasteiger partial charge < -0.3 is 9.57 Å². The molecule has 0 amide bonds. The molecule has 0 aliphatic rings. The van der Waals surface area contributed by atoms with E-state index in [1.54, 1.807) is 0 Å². The van der Waals surface area contributed by atoms with Crippen molar-refractivity contribution in [2.24, 2.45) is 0 Å². The molecule has 13 heavy (non-hydrogen) atoms. The Hall–Kier alpha value is -0.610. The van der Waals surface area contributed by atoms with E-state index in [2.05, 4.69) is 5.48 Å². The highest BCUT2D eigenvalue weighted by atomic mass is 16.6. The summed E-state index contributed by atoms with van der Waals surface area (Å²) >= 11 is 0. The van der Waals surface area contributed by atoms with E-state index in [1.165, 1.54) is 0 Å². The van der Waals surface area contributed by atoms with Crippen LogP contribution in [0.2, 0.25) is 0 Å². The van der Waals surface area contributed by atoms with Gasteiger partial charge in [-0.25, -0.2) is 5.48 Å². The molecule has 0 aliphatic heterocycles. The van der Waals surface area contributed by atoms with Gasteiger partial charge in [0.25, 0.3) is 0 Å². The summed E-state index contributed by atoms with van der Waals surface area (Å²) in [6.45, 7) is 8.53. The van der Waals surface area contributed by atoms with Crippen LogP contribution in [0.25, 0.3) is 0 Å². The minimum atomic E-state index is -0.407. The number of carbonyl (C=O) groups excluding carboxylic acids is 1. The third-order valence-corrected chi connectivity index (χ3v) is 1.07. The number of hydroxylamine groups is 1. The summed E-state index contributed by atoms with van der Waals surface area (Å²) in [6.07, 6.45) is 0.282. The van der Waals surface area contributed by atoms with E-state index in [0.29, 0.717) is 6.61 Å². The average molecular weight is 189 g/mol. The van der Waals surface area contributed by atoms with Crippen molar-refractivity contribution in [2.45, 2.75) is 39.7 Å². The third kappa shape index (κ3) is 9.30. The minimum absolute atomic E-state index is 0.231. The first kappa shape index (κ1) is 12.4. The second-order valence-corrected chi connectivity index (χ2v) is 3.68. The summed E-state index contributed by atoms with van der Waals surface area (Å²) in [6, 6.07) is 0. The summed E-state index contributed by atoms with van der Waals surface area (Å²) in [5.41, 5.74) is 2.25. The van der Waals surface area contributed by atoms with Gasteiger partial charge in [-0.3, -0.25) is 4.79 Å². The minimum Gasteiger partial charge on any atom is -0.460 e. The zero-order valence-electron chi connectivity index (χ0n) is 8.85. The van der Waals surface area contributed by atoms with E-state index in [9.17, 15) is 4.79 Å². The highest BCUT2D eigenvalue weighted by molar-refractivity contribution is 5.69. The lowest BCUT2D eigenvalue weighted by Gasteiger charge is -2.19. The zero-order chi connectivity index (χ0) is 10.3. The van der Waals surface area contributed by atoms with E-state index in [0.717, 1.165) is 6.54 Å². The van der Waals surface area contributed by atoms with Crippen LogP contribution in [0.15, 0.2) is 0 Å². The molecule has 1 N–H and O–H groups in total. The van der Waals surface area contributed by atoms with Crippen LogP contribution in [0.1, 0.15) is 34.1 Å². The molecule has 0 unspecified atom stereocenters. The number of ether oxygens (including phenoxy) is 1. The molecule has 78 valence electrons. The van der Waals surface area contributed by atoms with Crippen molar-refractivity contribution in [3.8, 4) is 0 Å². The topological polar surface area (TPSA) is 47.6 Å². The van der Waals surface area contributed by atoms with E-state index in [4.69, 9.17) is 9.57 Å². The predicted octanol–water partition coefficient (Wildman–Crippen LogP) is 1.26. The van der Waals surface area contributed by atoms with Gasteiger partial charge in [0.05, 0.1) is 13.0 Å². The molecule has 4 heteroatoms. The van der Waals surface area contributed by atoms with E-state index >= 15 is 0 Å². The molecule has 0 bridgehead atoms. The SMILES string of the molecule is CCNOCCC(=O)OC(C)(C)C. The number of carbonyl (C=O) groups is 1. The van der Waals surface area contributed by atoms with E-state index in [-0.39, 0.29) is 12.4 Å². The fourth-order valence-corrected chi connectivity index (χ4v) is 0.701. The first-order chi connectivity index (χ1) is 5.95. The van der Waals surface area contributed by atoms with Crippen molar-refractivity contribution in [1.82, 2.24) is 5.48 Å². The Morgan fingerprint density at radius 3 is 2.46 bits per heavy atom. The van der Waals surface area contributed by atoms with Gasteiger partial charge in [-0.2, -0.15) is 0 Å². The Kier molecular flexibility index (Phi) is 5.66. The lowest BCUT2D eigenvalue weighted by Crippen LogP contribution is -2.25. The van der Waals surface area contributed by atoms with Crippen molar-refractivity contribution in [1.29, 1.82) is 0 Å². The quantitative estimate of drug-likeness (QED) is 0.402. The number of hydrogen-bond acceptors (Lipinski definition) is 4. The van der Waals surface area contributed by atoms with Gasteiger partial charge in [-0.1, -0.05) is 6.92 Å². The summed E-state index contributed by atoms with van der Waals surface area (Å²) in [4.78, 5) is 16.0. The highest BCUT2D eigenvalue weighted by Gasteiger charge is 2.15. The van der Waals surface area contributed by atoms with Gasteiger partial charge in [0.2, 0.25) is 0 Å². The Morgan fingerprint density at radius 2 is 2.00 bits per heavy atom. The molecule has 0 radical (unpaired) electrons. The Balaban J connectivity index is 3.41. The van der Waals surface area contributed by atoms with Gasteiger partial charge in [0, 0.05) is 6.54 Å². The Morgan fingerprint density at radius 1 is 1.38 bits per heavy atom. The second-order valence-electron chi connectivity index (χ2n) is 3.68. The van der Waals surface area contributed by atoms with Crippen LogP contribution in [0.4, 0.5) is 0 Å². The molecule has 0 saturated heterocycles. The van der Waals surface area contributed by atoms with Gasteiger partial charge in [-0.15, -0.1) is 0 Å². The first-order valence-corrected chi connectivity index (χ1v) is 4.52. The maximum absolute atomic E-state index is 11.1. The van der Waals surface area contributed by atoms with Crippen LogP contribution in [0, 0.1) is 0 Å². The van der Waals surface area contributed by atoms with Crippen LogP contribution in [-0.2, 0) is 14.4 Å². The summed E-state index contributed by atoms with van der Waals surface area (Å²) in [7, 11) is 0. The van der Waals surface area contributed by atoms with Crippen molar-refractivity contribution < 1.29 is 14.4 Å². The maximum Gasteiger partial charge on any atom is 0.308 e. The molecule has 0 heterocycles. The number of rotatable bonds is 5.